The lowest BCUT2D eigenvalue weighted by atomic mass is 10.3. The van der Waals surface area contributed by atoms with Gasteiger partial charge in [0.1, 0.15) is 12.4 Å². The molecular weight excluding hydrogens is 422 g/mol. The van der Waals surface area contributed by atoms with Crippen LogP contribution in [0.15, 0.2) is 51.8 Å². The first kappa shape index (κ1) is 20.1. The summed E-state index contributed by atoms with van der Waals surface area (Å²) in [6.07, 6.45) is 0. The maximum absolute atomic E-state index is 12.3. The van der Waals surface area contributed by atoms with E-state index in [1.54, 1.807) is 0 Å². The number of methoxy groups -OCH3 is 2. The van der Waals surface area contributed by atoms with Crippen LogP contribution in [0.1, 0.15) is 0 Å². The Balaban J connectivity index is 1.91. The van der Waals surface area contributed by atoms with Gasteiger partial charge in [-0.3, -0.25) is 0 Å². The van der Waals surface area contributed by atoms with Gasteiger partial charge in [0.25, 0.3) is 0 Å². The Bertz CT molecular complexity index is 919. The molecule has 0 unspecified atom stereocenters. The number of nitrogens with one attached hydrogen (secondary N) is 1. The van der Waals surface area contributed by atoms with Crippen LogP contribution in [0.2, 0.25) is 0 Å². The summed E-state index contributed by atoms with van der Waals surface area (Å²) < 4.78 is 43.5. The number of halogens is 1. The number of hydrogen-bond acceptors (Lipinski definition) is 5. The maximum atomic E-state index is 12.3. The van der Waals surface area contributed by atoms with Gasteiger partial charge in [-0.25, -0.2) is 8.42 Å². The minimum atomic E-state index is -3.70. The summed E-state index contributed by atoms with van der Waals surface area (Å²) in [7, 11) is -0.773. The Hall–Kier alpha value is -2.21. The quantitative estimate of drug-likeness (QED) is 0.671. The molecule has 2 rings (SSSR count). The lowest BCUT2D eigenvalue weighted by Gasteiger charge is -2.10. The molecular formula is C18H18BrNO5S. The Morgan fingerprint density at radius 2 is 1.81 bits per heavy atom. The molecule has 0 spiro atoms. The molecule has 0 atom stereocenters. The van der Waals surface area contributed by atoms with Crippen molar-refractivity contribution in [3.63, 3.8) is 0 Å². The third-order valence-corrected chi connectivity index (χ3v) is 5.14. The van der Waals surface area contributed by atoms with Gasteiger partial charge in [0, 0.05) is 10.5 Å². The molecule has 0 aliphatic carbocycles. The van der Waals surface area contributed by atoms with Crippen LogP contribution in [0.25, 0.3) is 0 Å². The van der Waals surface area contributed by atoms with E-state index < -0.39 is 10.0 Å². The molecule has 0 aromatic heterocycles. The first-order chi connectivity index (χ1) is 12.5. The predicted molar refractivity (Wildman–Crippen MR) is 102 cm³/mol. The number of rotatable bonds is 7. The molecule has 2 aromatic carbocycles. The van der Waals surface area contributed by atoms with Crippen molar-refractivity contribution >= 4 is 26.0 Å². The summed E-state index contributed by atoms with van der Waals surface area (Å²) in [6.45, 7) is 0.132. The van der Waals surface area contributed by atoms with Crippen molar-refractivity contribution in [2.75, 3.05) is 27.4 Å². The van der Waals surface area contributed by atoms with Gasteiger partial charge in [-0.05, 0) is 30.3 Å². The Labute approximate surface area is 161 Å². The van der Waals surface area contributed by atoms with Crippen LogP contribution in [-0.4, -0.2) is 35.8 Å². The van der Waals surface area contributed by atoms with Gasteiger partial charge in [-0.1, -0.05) is 33.8 Å². The summed E-state index contributed by atoms with van der Waals surface area (Å²) in [4.78, 5) is 0.0716. The standard InChI is InChI=1S/C18H18BrNO5S/c1-23-17-9-8-16(13-18(17)24-2)26(21,22)20-10-3-4-11-25-15-7-5-6-14(19)12-15/h5-9,12-13,20H,10-11H2,1-2H3. The van der Waals surface area contributed by atoms with E-state index in [-0.39, 0.29) is 18.0 Å². The maximum Gasteiger partial charge on any atom is 0.241 e. The van der Waals surface area contributed by atoms with Crippen LogP contribution in [0.5, 0.6) is 17.2 Å². The monoisotopic (exact) mass is 439 g/mol. The zero-order valence-electron chi connectivity index (χ0n) is 14.3. The lowest BCUT2D eigenvalue weighted by Crippen LogP contribution is -2.24. The minimum absolute atomic E-state index is 0.0292. The molecule has 0 aliphatic heterocycles. The number of benzene rings is 2. The molecule has 1 N–H and O–H groups in total. The van der Waals surface area contributed by atoms with Crippen LogP contribution >= 0.6 is 15.9 Å². The van der Waals surface area contributed by atoms with E-state index in [1.807, 2.05) is 24.3 Å². The van der Waals surface area contributed by atoms with Gasteiger partial charge in [0.2, 0.25) is 10.0 Å². The fourth-order valence-corrected chi connectivity index (χ4v) is 3.30. The zero-order chi connectivity index (χ0) is 19.0. The largest absolute Gasteiger partial charge is 0.493 e. The van der Waals surface area contributed by atoms with Crippen LogP contribution in [0.3, 0.4) is 0 Å². The molecule has 0 fully saturated rings. The average molecular weight is 440 g/mol. The molecule has 0 bridgehead atoms. The molecule has 6 nitrogen and oxygen atoms in total. The van der Waals surface area contributed by atoms with Gasteiger partial charge in [-0.2, -0.15) is 4.72 Å². The average Bonchev–Trinajstić information content (AvgIpc) is 2.64. The zero-order valence-corrected chi connectivity index (χ0v) is 16.7. The highest BCUT2D eigenvalue weighted by Gasteiger charge is 2.16. The van der Waals surface area contributed by atoms with E-state index in [0.717, 1.165) is 4.47 Å². The normalized spacial score (nSPS) is 10.6. The smallest absolute Gasteiger partial charge is 0.241 e. The molecule has 0 radical (unpaired) electrons. The van der Waals surface area contributed by atoms with E-state index in [9.17, 15) is 8.42 Å². The molecule has 0 saturated carbocycles. The highest BCUT2D eigenvalue weighted by molar-refractivity contribution is 9.10. The topological polar surface area (TPSA) is 73.9 Å². The second kappa shape index (κ2) is 9.48. The summed E-state index contributed by atoms with van der Waals surface area (Å²) in [5, 5.41) is 0. The van der Waals surface area contributed by atoms with Crippen molar-refractivity contribution < 1.29 is 22.6 Å². The molecule has 138 valence electrons. The number of sulfonamides is 1. The third kappa shape index (κ3) is 5.66. The Morgan fingerprint density at radius 1 is 1.04 bits per heavy atom. The van der Waals surface area contributed by atoms with E-state index >= 15 is 0 Å². The Kier molecular flexibility index (Phi) is 7.33. The fraction of sp³-hybridized carbons (Fsp3) is 0.222. The van der Waals surface area contributed by atoms with Crippen molar-refractivity contribution in [1.29, 1.82) is 0 Å². The van der Waals surface area contributed by atoms with Gasteiger partial charge in [-0.15, -0.1) is 0 Å². The molecule has 0 aliphatic rings. The highest BCUT2D eigenvalue weighted by Crippen LogP contribution is 2.29. The molecule has 2 aromatic rings. The fourth-order valence-electron chi connectivity index (χ4n) is 1.99. The van der Waals surface area contributed by atoms with Crippen molar-refractivity contribution in [3.8, 4) is 29.1 Å². The molecule has 26 heavy (non-hydrogen) atoms. The number of ether oxygens (including phenoxy) is 3. The summed E-state index contributed by atoms with van der Waals surface area (Å²) in [6, 6.07) is 11.7. The van der Waals surface area contributed by atoms with Crippen LogP contribution in [0.4, 0.5) is 0 Å². The second-order valence-electron chi connectivity index (χ2n) is 4.94. The lowest BCUT2D eigenvalue weighted by molar-refractivity contribution is 0.354. The summed E-state index contributed by atoms with van der Waals surface area (Å²) in [5.41, 5.74) is 0. The van der Waals surface area contributed by atoms with E-state index in [0.29, 0.717) is 17.2 Å². The van der Waals surface area contributed by atoms with Crippen molar-refractivity contribution in [2.45, 2.75) is 4.90 Å². The van der Waals surface area contributed by atoms with E-state index in [1.165, 1.54) is 32.4 Å². The van der Waals surface area contributed by atoms with Crippen molar-refractivity contribution in [3.05, 3.63) is 46.9 Å². The van der Waals surface area contributed by atoms with Gasteiger partial charge < -0.3 is 14.2 Å². The molecule has 0 heterocycles. The summed E-state index contributed by atoms with van der Waals surface area (Å²) in [5.74, 6) is 6.95. The van der Waals surface area contributed by atoms with Crippen LogP contribution in [0, 0.1) is 11.8 Å². The highest BCUT2D eigenvalue weighted by atomic mass is 79.9. The van der Waals surface area contributed by atoms with E-state index in [4.69, 9.17) is 14.2 Å². The summed E-state index contributed by atoms with van der Waals surface area (Å²) >= 11 is 3.35. The van der Waals surface area contributed by atoms with E-state index in [2.05, 4.69) is 32.5 Å². The molecule has 0 saturated heterocycles. The Morgan fingerprint density at radius 3 is 2.50 bits per heavy atom. The van der Waals surface area contributed by atoms with Crippen molar-refractivity contribution in [2.24, 2.45) is 0 Å². The molecule has 0 amide bonds. The third-order valence-electron chi connectivity index (χ3n) is 3.25. The van der Waals surface area contributed by atoms with Gasteiger partial charge in [0.05, 0.1) is 25.7 Å². The minimum Gasteiger partial charge on any atom is -0.493 e. The first-order valence-corrected chi connectivity index (χ1v) is 9.79. The van der Waals surface area contributed by atoms with Crippen LogP contribution < -0.4 is 18.9 Å². The number of hydrogen-bond donors (Lipinski definition) is 1. The van der Waals surface area contributed by atoms with Crippen molar-refractivity contribution in [1.82, 2.24) is 4.72 Å². The first-order valence-electron chi connectivity index (χ1n) is 7.52. The van der Waals surface area contributed by atoms with Gasteiger partial charge >= 0.3 is 0 Å². The van der Waals surface area contributed by atoms with Crippen LogP contribution in [-0.2, 0) is 10.0 Å². The second-order valence-corrected chi connectivity index (χ2v) is 7.62. The SMILES string of the molecule is COc1ccc(S(=O)(=O)NCC#CCOc2cccc(Br)c2)cc1OC. The molecule has 8 heteroatoms. The van der Waals surface area contributed by atoms with Gasteiger partial charge in [0.15, 0.2) is 11.5 Å². The predicted octanol–water partition coefficient (Wildman–Crippen LogP) is 2.83.